The summed E-state index contributed by atoms with van der Waals surface area (Å²) in [5.41, 5.74) is 1.88. The van der Waals surface area contributed by atoms with E-state index in [-0.39, 0.29) is 25.3 Å². The van der Waals surface area contributed by atoms with Crippen LogP contribution in [0.15, 0.2) is 18.2 Å². The first-order valence-electron chi connectivity index (χ1n) is 6.61. The number of carboxylic acids is 1. The number of carbonyl (C=O) groups is 2. The smallest absolute Gasteiger partial charge is 0.305 e. The normalized spacial score (nSPS) is 10.2. The molecular formula is C15H21NO4. The molecular weight excluding hydrogens is 258 g/mol. The minimum Gasteiger partial charge on any atom is -0.496 e. The number of nitrogens with zero attached hydrogens (tertiary/aromatic N) is 1. The first-order valence-corrected chi connectivity index (χ1v) is 6.61. The van der Waals surface area contributed by atoms with E-state index in [2.05, 4.69) is 0 Å². The molecule has 1 amide bonds. The number of aliphatic carboxylic acids is 1. The molecule has 0 aromatic heterocycles. The molecule has 0 bridgehead atoms. The van der Waals surface area contributed by atoms with Gasteiger partial charge in [-0.25, -0.2) is 0 Å². The SMILES string of the molecule is CCN(CCC(=O)O)C(=O)Cc1cc(C)ccc1OC. The van der Waals surface area contributed by atoms with Crippen molar-refractivity contribution in [1.82, 2.24) is 4.90 Å². The van der Waals surface area contributed by atoms with E-state index in [1.807, 2.05) is 32.0 Å². The van der Waals surface area contributed by atoms with Crippen LogP contribution < -0.4 is 4.74 Å². The number of carbonyl (C=O) groups excluding carboxylic acids is 1. The summed E-state index contributed by atoms with van der Waals surface area (Å²) in [5, 5.41) is 8.69. The molecule has 0 aliphatic rings. The number of rotatable bonds is 7. The lowest BCUT2D eigenvalue weighted by molar-refractivity contribution is -0.138. The quantitative estimate of drug-likeness (QED) is 0.827. The van der Waals surface area contributed by atoms with Gasteiger partial charge in [0.2, 0.25) is 5.91 Å². The number of amides is 1. The third-order valence-electron chi connectivity index (χ3n) is 3.11. The number of methoxy groups -OCH3 is 1. The van der Waals surface area contributed by atoms with E-state index >= 15 is 0 Å². The Morgan fingerprint density at radius 2 is 2.05 bits per heavy atom. The summed E-state index contributed by atoms with van der Waals surface area (Å²) in [4.78, 5) is 24.4. The van der Waals surface area contributed by atoms with E-state index < -0.39 is 5.97 Å². The van der Waals surface area contributed by atoms with Gasteiger partial charge in [-0.05, 0) is 19.9 Å². The van der Waals surface area contributed by atoms with Gasteiger partial charge in [0.15, 0.2) is 0 Å². The number of likely N-dealkylation sites (N-methyl/N-ethyl adjacent to an activating group) is 1. The molecule has 0 saturated heterocycles. The van der Waals surface area contributed by atoms with Crippen LogP contribution in [0, 0.1) is 6.92 Å². The zero-order chi connectivity index (χ0) is 15.1. The molecule has 0 heterocycles. The van der Waals surface area contributed by atoms with Gasteiger partial charge in [0, 0.05) is 18.7 Å². The first-order chi connectivity index (χ1) is 9.47. The summed E-state index contributed by atoms with van der Waals surface area (Å²) in [6.07, 6.45) is 0.183. The van der Waals surface area contributed by atoms with Gasteiger partial charge in [0.25, 0.3) is 0 Å². The maximum Gasteiger partial charge on any atom is 0.305 e. The number of hydrogen-bond acceptors (Lipinski definition) is 3. The maximum atomic E-state index is 12.2. The van der Waals surface area contributed by atoms with Gasteiger partial charge in [0.05, 0.1) is 20.0 Å². The van der Waals surface area contributed by atoms with E-state index in [9.17, 15) is 9.59 Å². The molecule has 5 nitrogen and oxygen atoms in total. The average Bonchev–Trinajstić information content (AvgIpc) is 2.39. The average molecular weight is 279 g/mol. The summed E-state index contributed by atoms with van der Waals surface area (Å²) >= 11 is 0. The Hall–Kier alpha value is -2.04. The highest BCUT2D eigenvalue weighted by Crippen LogP contribution is 2.20. The van der Waals surface area contributed by atoms with Gasteiger partial charge in [-0.15, -0.1) is 0 Å². The third-order valence-corrected chi connectivity index (χ3v) is 3.11. The van der Waals surface area contributed by atoms with Gasteiger partial charge in [-0.3, -0.25) is 9.59 Å². The molecule has 0 spiro atoms. The van der Waals surface area contributed by atoms with Gasteiger partial charge in [0.1, 0.15) is 5.75 Å². The lowest BCUT2D eigenvalue weighted by Crippen LogP contribution is -2.34. The van der Waals surface area contributed by atoms with Crippen molar-refractivity contribution in [3.05, 3.63) is 29.3 Å². The van der Waals surface area contributed by atoms with Crippen LogP contribution in [0.1, 0.15) is 24.5 Å². The second-order valence-electron chi connectivity index (χ2n) is 4.61. The van der Waals surface area contributed by atoms with Gasteiger partial charge < -0.3 is 14.7 Å². The molecule has 5 heteroatoms. The first kappa shape index (κ1) is 16.0. The maximum absolute atomic E-state index is 12.2. The standard InChI is InChI=1S/C15H21NO4/c1-4-16(8-7-15(18)19)14(17)10-12-9-11(2)5-6-13(12)20-3/h5-6,9H,4,7-8,10H2,1-3H3,(H,18,19). The largest absolute Gasteiger partial charge is 0.496 e. The molecule has 0 aliphatic heterocycles. The summed E-state index contributed by atoms with van der Waals surface area (Å²) in [7, 11) is 1.57. The molecule has 0 fully saturated rings. The minimum atomic E-state index is -0.899. The zero-order valence-corrected chi connectivity index (χ0v) is 12.2. The fraction of sp³-hybridized carbons (Fsp3) is 0.467. The van der Waals surface area contributed by atoms with Crippen molar-refractivity contribution in [1.29, 1.82) is 0 Å². The molecule has 0 aliphatic carbocycles. The van der Waals surface area contributed by atoms with Crippen LogP contribution >= 0.6 is 0 Å². The lowest BCUT2D eigenvalue weighted by Gasteiger charge is -2.20. The third kappa shape index (κ3) is 4.57. The second-order valence-corrected chi connectivity index (χ2v) is 4.61. The predicted octanol–water partition coefficient (Wildman–Crippen LogP) is 1.87. The summed E-state index contributed by atoms with van der Waals surface area (Å²) in [6.45, 7) is 4.53. The van der Waals surface area contributed by atoms with Crippen molar-refractivity contribution in [2.24, 2.45) is 0 Å². The van der Waals surface area contributed by atoms with Crippen molar-refractivity contribution in [3.63, 3.8) is 0 Å². The van der Waals surface area contributed by atoms with Crippen molar-refractivity contribution < 1.29 is 19.4 Å². The predicted molar refractivity (Wildman–Crippen MR) is 75.9 cm³/mol. The number of hydrogen-bond donors (Lipinski definition) is 1. The lowest BCUT2D eigenvalue weighted by atomic mass is 10.1. The molecule has 0 radical (unpaired) electrons. The van der Waals surface area contributed by atoms with Crippen LogP contribution in [0.2, 0.25) is 0 Å². The van der Waals surface area contributed by atoms with Crippen molar-refractivity contribution >= 4 is 11.9 Å². The Morgan fingerprint density at radius 3 is 2.60 bits per heavy atom. The zero-order valence-electron chi connectivity index (χ0n) is 12.2. The highest BCUT2D eigenvalue weighted by molar-refractivity contribution is 5.80. The van der Waals surface area contributed by atoms with Gasteiger partial charge in [-0.1, -0.05) is 17.7 Å². The van der Waals surface area contributed by atoms with Crippen LogP contribution in [-0.2, 0) is 16.0 Å². The molecule has 1 rings (SSSR count). The van der Waals surface area contributed by atoms with Crippen molar-refractivity contribution in [3.8, 4) is 5.75 Å². The topological polar surface area (TPSA) is 66.8 Å². The molecule has 1 aromatic rings. The van der Waals surface area contributed by atoms with E-state index in [1.165, 1.54) is 0 Å². The van der Waals surface area contributed by atoms with Gasteiger partial charge in [-0.2, -0.15) is 0 Å². The number of aryl methyl sites for hydroxylation is 1. The highest BCUT2D eigenvalue weighted by atomic mass is 16.5. The summed E-state index contributed by atoms with van der Waals surface area (Å²) in [6, 6.07) is 5.68. The van der Waals surface area contributed by atoms with Crippen LogP contribution in [0.4, 0.5) is 0 Å². The molecule has 20 heavy (non-hydrogen) atoms. The Balaban J connectivity index is 2.77. The number of carboxylic acid groups (broad SMARTS) is 1. The minimum absolute atomic E-state index is 0.0372. The van der Waals surface area contributed by atoms with E-state index in [0.29, 0.717) is 12.3 Å². The molecule has 110 valence electrons. The van der Waals surface area contributed by atoms with Crippen LogP contribution in [0.3, 0.4) is 0 Å². The van der Waals surface area contributed by atoms with E-state index in [4.69, 9.17) is 9.84 Å². The number of benzene rings is 1. The van der Waals surface area contributed by atoms with Crippen LogP contribution in [0.5, 0.6) is 5.75 Å². The highest BCUT2D eigenvalue weighted by Gasteiger charge is 2.15. The molecule has 0 unspecified atom stereocenters. The van der Waals surface area contributed by atoms with E-state index in [1.54, 1.807) is 12.0 Å². The molecule has 0 saturated carbocycles. The van der Waals surface area contributed by atoms with Gasteiger partial charge >= 0.3 is 5.97 Å². The van der Waals surface area contributed by atoms with Crippen LogP contribution in [0.25, 0.3) is 0 Å². The summed E-state index contributed by atoms with van der Waals surface area (Å²) < 4.78 is 5.25. The molecule has 1 aromatic carbocycles. The van der Waals surface area contributed by atoms with Crippen molar-refractivity contribution in [2.75, 3.05) is 20.2 Å². The second kappa shape index (κ2) is 7.53. The molecule has 0 atom stereocenters. The fourth-order valence-corrected chi connectivity index (χ4v) is 2.01. The van der Waals surface area contributed by atoms with Crippen molar-refractivity contribution in [2.45, 2.75) is 26.7 Å². The number of ether oxygens (including phenoxy) is 1. The van der Waals surface area contributed by atoms with Crippen LogP contribution in [-0.4, -0.2) is 42.1 Å². The monoisotopic (exact) mass is 279 g/mol. The summed E-state index contributed by atoms with van der Waals surface area (Å²) in [5.74, 6) is -0.305. The van der Waals surface area contributed by atoms with E-state index in [0.717, 1.165) is 11.1 Å². The fourth-order valence-electron chi connectivity index (χ4n) is 2.01. The Kier molecular flexibility index (Phi) is 6.03. The Morgan fingerprint density at radius 1 is 1.35 bits per heavy atom. The molecule has 1 N–H and O–H groups in total. The Labute approximate surface area is 119 Å². The Bertz CT molecular complexity index is 485.